The van der Waals surface area contributed by atoms with Gasteiger partial charge in [0.15, 0.2) is 0 Å². The lowest BCUT2D eigenvalue weighted by Crippen LogP contribution is -2.26. The summed E-state index contributed by atoms with van der Waals surface area (Å²) < 4.78 is 0. The molecule has 6 N–H and O–H groups in total. The van der Waals surface area contributed by atoms with Gasteiger partial charge < -0.3 is 31.9 Å². The van der Waals surface area contributed by atoms with Gasteiger partial charge in [0.25, 0.3) is 0 Å². The molecule has 0 saturated heterocycles. The summed E-state index contributed by atoms with van der Waals surface area (Å²) in [5.41, 5.74) is 7.77. The minimum absolute atomic E-state index is 0.722. The zero-order valence-corrected chi connectivity index (χ0v) is 29.4. The van der Waals surface area contributed by atoms with E-state index in [1.165, 1.54) is 46.2 Å². The number of nitrogens with one attached hydrogen (secondary N) is 6. The van der Waals surface area contributed by atoms with E-state index in [2.05, 4.69) is 132 Å². The van der Waals surface area contributed by atoms with Crippen LogP contribution in [-0.4, -0.2) is 65.4 Å². The summed E-state index contributed by atoms with van der Waals surface area (Å²) >= 11 is 0. The molecule has 6 nitrogen and oxygen atoms in total. The van der Waals surface area contributed by atoms with E-state index in [1.54, 1.807) is 0 Å². The predicted octanol–water partition coefficient (Wildman–Crippen LogP) is 6.43. The Bertz CT molecular complexity index is 1100. The highest BCUT2D eigenvalue weighted by Crippen LogP contribution is 2.32. The minimum atomic E-state index is 0.722. The van der Waals surface area contributed by atoms with E-state index in [-0.39, 0.29) is 0 Å². The quantitative estimate of drug-likeness (QED) is 0.0576. The Balaban J connectivity index is 1.39. The maximum Gasteiger partial charge on any atom is 0.0205 e. The van der Waals surface area contributed by atoms with Gasteiger partial charge in [0.05, 0.1) is 0 Å². The minimum Gasteiger partial charge on any atom is -0.317 e. The van der Waals surface area contributed by atoms with Crippen molar-refractivity contribution >= 4 is 0 Å². The summed E-state index contributed by atoms with van der Waals surface area (Å²) in [5.74, 6) is 1.44. The highest BCUT2D eigenvalue weighted by atomic mass is 14.9. The normalized spacial score (nSPS) is 11.6. The maximum absolute atomic E-state index is 3.64. The molecule has 0 aliphatic carbocycles. The molecule has 46 heavy (non-hydrogen) atoms. The van der Waals surface area contributed by atoms with Gasteiger partial charge in [-0.15, -0.1) is 0 Å². The number of benzene rings is 3. The molecule has 0 atom stereocenters. The van der Waals surface area contributed by atoms with Gasteiger partial charge in [0.2, 0.25) is 0 Å². The Morgan fingerprint density at radius 3 is 1.17 bits per heavy atom. The molecule has 0 unspecified atom stereocenters. The van der Waals surface area contributed by atoms with Gasteiger partial charge in [-0.2, -0.15) is 0 Å². The first-order valence-electron chi connectivity index (χ1n) is 18.0. The fraction of sp³-hybridized carbons (Fsp3) is 0.550. The van der Waals surface area contributed by atoms with E-state index in [4.69, 9.17) is 0 Å². The lowest BCUT2D eigenvalue weighted by molar-refractivity contribution is 0.525. The molecule has 6 heteroatoms. The molecule has 0 aliphatic heterocycles. The van der Waals surface area contributed by atoms with Gasteiger partial charge >= 0.3 is 0 Å². The third kappa shape index (κ3) is 16.3. The molecule has 3 rings (SSSR count). The summed E-state index contributed by atoms with van der Waals surface area (Å²) in [4.78, 5) is 0. The van der Waals surface area contributed by atoms with Crippen molar-refractivity contribution in [1.29, 1.82) is 0 Å². The lowest BCUT2D eigenvalue weighted by Gasteiger charge is -2.13. The first kappa shape index (κ1) is 37.9. The van der Waals surface area contributed by atoms with Gasteiger partial charge in [-0.1, -0.05) is 88.4 Å². The van der Waals surface area contributed by atoms with E-state index >= 15 is 0 Å². The second-order valence-electron chi connectivity index (χ2n) is 13.4. The van der Waals surface area contributed by atoms with Crippen molar-refractivity contribution in [2.24, 2.45) is 11.8 Å². The van der Waals surface area contributed by atoms with E-state index in [1.807, 2.05) is 0 Å². The summed E-state index contributed by atoms with van der Waals surface area (Å²) in [6, 6.07) is 26.8. The van der Waals surface area contributed by atoms with Crippen LogP contribution >= 0.6 is 0 Å². The Labute approximate surface area is 281 Å². The third-order valence-electron chi connectivity index (χ3n) is 7.99. The van der Waals surface area contributed by atoms with Gasteiger partial charge in [0.1, 0.15) is 0 Å². The predicted molar refractivity (Wildman–Crippen MR) is 200 cm³/mol. The molecule has 0 aliphatic rings. The number of rotatable bonds is 26. The van der Waals surface area contributed by atoms with Gasteiger partial charge in [-0.25, -0.2) is 0 Å². The maximum atomic E-state index is 3.64. The molecular formula is C40H64N6. The Hall–Kier alpha value is -2.58. The van der Waals surface area contributed by atoms with Gasteiger partial charge in [0, 0.05) is 13.1 Å². The lowest BCUT2D eigenvalue weighted by atomic mass is 9.93. The third-order valence-corrected chi connectivity index (χ3v) is 7.99. The molecule has 3 aromatic rings. The van der Waals surface area contributed by atoms with Crippen molar-refractivity contribution in [3.05, 3.63) is 83.9 Å². The van der Waals surface area contributed by atoms with Crippen LogP contribution in [0.3, 0.4) is 0 Å². The summed E-state index contributed by atoms with van der Waals surface area (Å²) in [6.07, 6.45) is 4.65. The standard InChI is InChI=1S/C40H64N6/c1-33(2)29-43-23-9-19-41-21-11-25-45-31-35-13-7-15-37(27-35)39-17-5-6-18-40(39)38-16-8-14-36(28-38)32-46-26-12-22-42-20-10-24-44-30-34(3)4/h5-8,13-18,27-28,33-34,41-46H,9-12,19-26,29-32H2,1-4H3. The highest BCUT2D eigenvalue weighted by Gasteiger charge is 2.09. The van der Waals surface area contributed by atoms with Crippen LogP contribution in [0.25, 0.3) is 22.3 Å². The monoisotopic (exact) mass is 629 g/mol. The van der Waals surface area contributed by atoms with Crippen molar-refractivity contribution in [2.75, 3.05) is 65.4 Å². The van der Waals surface area contributed by atoms with Crippen molar-refractivity contribution in [1.82, 2.24) is 31.9 Å². The Morgan fingerprint density at radius 1 is 0.413 bits per heavy atom. The molecule has 0 aromatic heterocycles. The number of hydrogen-bond donors (Lipinski definition) is 6. The first-order valence-corrected chi connectivity index (χ1v) is 18.0. The van der Waals surface area contributed by atoms with E-state index in [0.717, 1.165) is 103 Å². The SMILES string of the molecule is CC(C)CNCCCNCCCNCc1cccc(-c2ccccc2-c2cccc(CNCCCNCCCNCC(C)C)c2)c1. The smallest absolute Gasteiger partial charge is 0.0205 e. The van der Waals surface area contributed by atoms with Gasteiger partial charge in [-0.05, 0) is 148 Å². The van der Waals surface area contributed by atoms with Crippen LogP contribution in [0.15, 0.2) is 72.8 Å². The fourth-order valence-corrected chi connectivity index (χ4v) is 5.53. The van der Waals surface area contributed by atoms with Crippen LogP contribution in [0.2, 0.25) is 0 Å². The van der Waals surface area contributed by atoms with Crippen LogP contribution in [0.1, 0.15) is 64.5 Å². The zero-order valence-electron chi connectivity index (χ0n) is 29.4. The first-order chi connectivity index (χ1) is 22.5. The highest BCUT2D eigenvalue weighted by molar-refractivity contribution is 5.83. The molecule has 0 amide bonds. The van der Waals surface area contributed by atoms with Crippen molar-refractivity contribution < 1.29 is 0 Å². The summed E-state index contributed by atoms with van der Waals surface area (Å²) in [5, 5.41) is 21.4. The Kier molecular flexibility index (Phi) is 19.5. The molecule has 3 aromatic carbocycles. The second kappa shape index (κ2) is 23.7. The average molecular weight is 629 g/mol. The summed E-state index contributed by atoms with van der Waals surface area (Å²) in [7, 11) is 0. The molecule has 0 fully saturated rings. The molecular weight excluding hydrogens is 564 g/mol. The zero-order chi connectivity index (χ0) is 32.7. The van der Waals surface area contributed by atoms with Crippen LogP contribution in [0, 0.1) is 11.8 Å². The molecule has 0 radical (unpaired) electrons. The Morgan fingerprint density at radius 2 is 0.783 bits per heavy atom. The van der Waals surface area contributed by atoms with Crippen molar-refractivity contribution in [3.8, 4) is 22.3 Å². The van der Waals surface area contributed by atoms with Crippen LogP contribution < -0.4 is 31.9 Å². The molecule has 0 spiro atoms. The molecule has 0 bridgehead atoms. The molecule has 254 valence electrons. The van der Waals surface area contributed by atoms with Gasteiger partial charge in [-0.3, -0.25) is 0 Å². The van der Waals surface area contributed by atoms with Crippen LogP contribution in [0.4, 0.5) is 0 Å². The van der Waals surface area contributed by atoms with Crippen molar-refractivity contribution in [2.45, 2.75) is 66.5 Å². The average Bonchev–Trinajstić information content (AvgIpc) is 3.06. The van der Waals surface area contributed by atoms with Crippen LogP contribution in [0.5, 0.6) is 0 Å². The van der Waals surface area contributed by atoms with E-state index < -0.39 is 0 Å². The summed E-state index contributed by atoms with van der Waals surface area (Å²) in [6.45, 7) is 21.5. The second-order valence-corrected chi connectivity index (χ2v) is 13.4. The number of hydrogen-bond acceptors (Lipinski definition) is 6. The largest absolute Gasteiger partial charge is 0.317 e. The van der Waals surface area contributed by atoms with Crippen LogP contribution in [-0.2, 0) is 13.1 Å². The fourth-order valence-electron chi connectivity index (χ4n) is 5.53. The molecule has 0 saturated carbocycles. The topological polar surface area (TPSA) is 72.2 Å². The molecule has 0 heterocycles. The van der Waals surface area contributed by atoms with E-state index in [9.17, 15) is 0 Å². The van der Waals surface area contributed by atoms with E-state index in [0.29, 0.717) is 0 Å². The van der Waals surface area contributed by atoms with Crippen molar-refractivity contribution in [3.63, 3.8) is 0 Å².